The third-order valence-corrected chi connectivity index (χ3v) is 5.36. The largest absolute Gasteiger partial charge is 0.234 e. The maximum Gasteiger partial charge on any atom is 0.234 e. The standard InChI is InChI=1S/C19H17ClN4S/c1-12(2)14-5-7-15(8-6-14)18-23-24-17(21-22-19(24)25-18)11-13-3-9-16(20)10-4-13/h3-10,12H,11H2,1-2H3. The van der Waals surface area contributed by atoms with Gasteiger partial charge in [-0.1, -0.05) is 73.2 Å². The summed E-state index contributed by atoms with van der Waals surface area (Å²) in [6.45, 7) is 4.39. The molecule has 0 N–H and O–H groups in total. The monoisotopic (exact) mass is 368 g/mol. The Kier molecular flexibility index (Phi) is 4.27. The molecular weight excluding hydrogens is 352 g/mol. The fraction of sp³-hybridized carbons (Fsp3) is 0.211. The molecule has 2 aromatic carbocycles. The van der Waals surface area contributed by atoms with Gasteiger partial charge in [0, 0.05) is 17.0 Å². The van der Waals surface area contributed by atoms with Gasteiger partial charge in [-0.2, -0.15) is 9.61 Å². The molecule has 0 unspecified atom stereocenters. The molecule has 126 valence electrons. The molecule has 0 radical (unpaired) electrons. The molecule has 6 heteroatoms. The highest BCUT2D eigenvalue weighted by molar-refractivity contribution is 7.19. The molecular formula is C19H17ClN4S. The summed E-state index contributed by atoms with van der Waals surface area (Å²) in [5.41, 5.74) is 3.57. The Bertz CT molecular complexity index is 1000. The molecule has 4 aromatic rings. The number of halogens is 1. The van der Waals surface area contributed by atoms with Crippen molar-refractivity contribution in [3.8, 4) is 10.6 Å². The predicted molar refractivity (Wildman–Crippen MR) is 102 cm³/mol. The van der Waals surface area contributed by atoms with Crippen molar-refractivity contribution in [1.29, 1.82) is 0 Å². The van der Waals surface area contributed by atoms with Gasteiger partial charge in [-0.05, 0) is 29.2 Å². The summed E-state index contributed by atoms with van der Waals surface area (Å²) in [7, 11) is 0. The molecule has 0 atom stereocenters. The van der Waals surface area contributed by atoms with Crippen LogP contribution in [0.4, 0.5) is 0 Å². The van der Waals surface area contributed by atoms with E-state index in [1.165, 1.54) is 5.56 Å². The number of nitrogens with zero attached hydrogens (tertiary/aromatic N) is 4. The highest BCUT2D eigenvalue weighted by atomic mass is 35.5. The zero-order valence-corrected chi connectivity index (χ0v) is 15.6. The molecule has 4 nitrogen and oxygen atoms in total. The van der Waals surface area contributed by atoms with Gasteiger partial charge in [-0.25, -0.2) is 0 Å². The van der Waals surface area contributed by atoms with Crippen molar-refractivity contribution >= 4 is 27.9 Å². The molecule has 0 saturated carbocycles. The van der Waals surface area contributed by atoms with Crippen LogP contribution in [-0.4, -0.2) is 19.8 Å². The molecule has 2 heterocycles. The van der Waals surface area contributed by atoms with Crippen LogP contribution in [0.5, 0.6) is 0 Å². The van der Waals surface area contributed by atoms with Crippen LogP contribution in [0.15, 0.2) is 48.5 Å². The van der Waals surface area contributed by atoms with Gasteiger partial charge in [0.2, 0.25) is 4.96 Å². The summed E-state index contributed by atoms with van der Waals surface area (Å²) in [5.74, 6) is 1.36. The van der Waals surface area contributed by atoms with Crippen molar-refractivity contribution in [3.63, 3.8) is 0 Å². The van der Waals surface area contributed by atoms with Gasteiger partial charge in [-0.3, -0.25) is 0 Å². The summed E-state index contributed by atoms with van der Waals surface area (Å²) in [4.78, 5) is 0.812. The van der Waals surface area contributed by atoms with Crippen LogP contribution in [0.1, 0.15) is 36.7 Å². The number of hydrogen-bond donors (Lipinski definition) is 0. The normalized spacial score (nSPS) is 11.5. The lowest BCUT2D eigenvalue weighted by molar-refractivity contribution is 0.853. The van der Waals surface area contributed by atoms with Crippen molar-refractivity contribution in [3.05, 3.63) is 70.5 Å². The summed E-state index contributed by atoms with van der Waals surface area (Å²) in [5, 5.41) is 14.9. The summed E-state index contributed by atoms with van der Waals surface area (Å²) in [6.07, 6.45) is 0.674. The van der Waals surface area contributed by atoms with E-state index in [2.05, 4.69) is 48.3 Å². The Morgan fingerprint density at radius 3 is 2.40 bits per heavy atom. The van der Waals surface area contributed by atoms with E-state index in [1.807, 2.05) is 28.8 Å². The molecule has 0 saturated heterocycles. The van der Waals surface area contributed by atoms with Gasteiger partial charge in [0.25, 0.3) is 0 Å². The third kappa shape index (κ3) is 3.30. The SMILES string of the molecule is CC(C)c1ccc(-c2nn3c(Cc4ccc(Cl)cc4)nnc3s2)cc1. The maximum atomic E-state index is 5.95. The Labute approximate surface area is 155 Å². The highest BCUT2D eigenvalue weighted by Crippen LogP contribution is 2.27. The average molecular weight is 369 g/mol. The molecule has 0 bridgehead atoms. The predicted octanol–water partition coefficient (Wildman–Crippen LogP) is 5.22. The van der Waals surface area contributed by atoms with E-state index in [-0.39, 0.29) is 0 Å². The number of fused-ring (bicyclic) bond motifs is 1. The number of hydrogen-bond acceptors (Lipinski definition) is 4. The van der Waals surface area contributed by atoms with Crippen molar-refractivity contribution < 1.29 is 0 Å². The minimum absolute atomic E-state index is 0.526. The van der Waals surface area contributed by atoms with Gasteiger partial charge in [0.05, 0.1) is 0 Å². The van der Waals surface area contributed by atoms with Crippen LogP contribution in [0.3, 0.4) is 0 Å². The fourth-order valence-corrected chi connectivity index (χ4v) is 3.67. The van der Waals surface area contributed by atoms with E-state index in [4.69, 9.17) is 16.7 Å². The first-order valence-electron chi connectivity index (χ1n) is 8.16. The van der Waals surface area contributed by atoms with Crippen LogP contribution in [0.2, 0.25) is 5.02 Å². The molecule has 0 aliphatic heterocycles. The van der Waals surface area contributed by atoms with Crippen LogP contribution in [0, 0.1) is 0 Å². The van der Waals surface area contributed by atoms with E-state index < -0.39 is 0 Å². The van der Waals surface area contributed by atoms with Crippen LogP contribution in [0.25, 0.3) is 15.5 Å². The second-order valence-electron chi connectivity index (χ2n) is 6.30. The molecule has 4 rings (SSSR count). The minimum Gasteiger partial charge on any atom is -0.187 e. The zero-order valence-electron chi connectivity index (χ0n) is 14.0. The second-order valence-corrected chi connectivity index (χ2v) is 7.69. The van der Waals surface area contributed by atoms with E-state index in [0.717, 1.165) is 31.9 Å². The zero-order chi connectivity index (χ0) is 17.4. The Morgan fingerprint density at radius 1 is 1.00 bits per heavy atom. The first-order valence-corrected chi connectivity index (χ1v) is 9.35. The second kappa shape index (κ2) is 6.58. The minimum atomic E-state index is 0.526. The van der Waals surface area contributed by atoms with Crippen molar-refractivity contribution in [2.45, 2.75) is 26.2 Å². The molecule has 2 aromatic heterocycles. The lowest BCUT2D eigenvalue weighted by Crippen LogP contribution is -1.97. The number of rotatable bonds is 4. The van der Waals surface area contributed by atoms with Crippen molar-refractivity contribution in [2.75, 3.05) is 0 Å². The average Bonchev–Trinajstić information content (AvgIpc) is 3.19. The highest BCUT2D eigenvalue weighted by Gasteiger charge is 2.13. The van der Waals surface area contributed by atoms with E-state index in [0.29, 0.717) is 12.3 Å². The van der Waals surface area contributed by atoms with E-state index in [1.54, 1.807) is 11.3 Å². The van der Waals surface area contributed by atoms with Crippen molar-refractivity contribution in [2.24, 2.45) is 0 Å². The number of aromatic nitrogens is 4. The first kappa shape index (κ1) is 16.2. The Hall–Kier alpha value is -2.24. The van der Waals surface area contributed by atoms with Crippen LogP contribution < -0.4 is 0 Å². The smallest absolute Gasteiger partial charge is 0.187 e. The lowest BCUT2D eigenvalue weighted by Gasteiger charge is -2.05. The van der Waals surface area contributed by atoms with Gasteiger partial charge in [-0.15, -0.1) is 10.2 Å². The van der Waals surface area contributed by atoms with Crippen molar-refractivity contribution in [1.82, 2.24) is 19.8 Å². The summed E-state index contributed by atoms with van der Waals surface area (Å²) >= 11 is 7.50. The Balaban J connectivity index is 1.64. The Morgan fingerprint density at radius 2 is 1.72 bits per heavy atom. The maximum absolute atomic E-state index is 5.95. The van der Waals surface area contributed by atoms with Crippen LogP contribution >= 0.6 is 22.9 Å². The summed E-state index contributed by atoms with van der Waals surface area (Å²) < 4.78 is 1.84. The molecule has 0 fully saturated rings. The third-order valence-electron chi connectivity index (χ3n) is 4.16. The summed E-state index contributed by atoms with van der Waals surface area (Å²) in [6, 6.07) is 16.4. The van der Waals surface area contributed by atoms with Gasteiger partial charge < -0.3 is 0 Å². The lowest BCUT2D eigenvalue weighted by atomic mass is 10.0. The van der Waals surface area contributed by atoms with Gasteiger partial charge in [0.15, 0.2) is 5.82 Å². The van der Waals surface area contributed by atoms with Crippen LogP contribution in [-0.2, 0) is 6.42 Å². The quantitative estimate of drug-likeness (QED) is 0.496. The molecule has 0 amide bonds. The van der Waals surface area contributed by atoms with E-state index in [9.17, 15) is 0 Å². The first-order chi connectivity index (χ1) is 12.1. The van der Waals surface area contributed by atoms with E-state index >= 15 is 0 Å². The van der Waals surface area contributed by atoms with Gasteiger partial charge >= 0.3 is 0 Å². The molecule has 25 heavy (non-hydrogen) atoms. The molecule has 0 aliphatic carbocycles. The molecule has 0 spiro atoms. The fourth-order valence-electron chi connectivity index (χ4n) is 2.68. The molecule has 0 aliphatic rings. The van der Waals surface area contributed by atoms with Gasteiger partial charge in [0.1, 0.15) is 5.01 Å². The topological polar surface area (TPSA) is 43.1 Å². The number of benzene rings is 2.